The van der Waals surface area contributed by atoms with Crippen LogP contribution in [-0.2, 0) is 6.61 Å². The van der Waals surface area contributed by atoms with Gasteiger partial charge in [-0.25, -0.2) is 4.68 Å². The summed E-state index contributed by atoms with van der Waals surface area (Å²) in [6.07, 6.45) is 1.78. The van der Waals surface area contributed by atoms with Gasteiger partial charge in [-0.1, -0.05) is 59.8 Å². The lowest BCUT2D eigenvalue weighted by Crippen LogP contribution is -2.15. The Labute approximate surface area is 139 Å². The minimum atomic E-state index is -0.0363. The molecule has 0 N–H and O–H groups in total. The number of hydrogen-bond acceptors (Lipinski definition) is 3. The minimum Gasteiger partial charge on any atom is -0.487 e. The van der Waals surface area contributed by atoms with E-state index in [1.807, 2.05) is 22.9 Å². The van der Waals surface area contributed by atoms with Crippen LogP contribution in [-0.4, -0.2) is 15.0 Å². The third-order valence-corrected chi connectivity index (χ3v) is 4.57. The Hall–Kier alpha value is -3.14. The molecular weight excluding hydrogens is 298 g/mol. The summed E-state index contributed by atoms with van der Waals surface area (Å²) in [6.45, 7) is 0.480. The molecule has 1 aliphatic rings. The first-order valence-electron chi connectivity index (χ1n) is 8.00. The molecule has 4 nitrogen and oxygen atoms in total. The van der Waals surface area contributed by atoms with E-state index in [2.05, 4.69) is 58.8 Å². The Bertz CT molecular complexity index is 1040. The van der Waals surface area contributed by atoms with E-state index in [1.165, 1.54) is 16.3 Å². The number of benzene rings is 3. The van der Waals surface area contributed by atoms with Crippen LogP contribution in [0, 0.1) is 0 Å². The maximum absolute atomic E-state index is 5.97. The smallest absolute Gasteiger partial charge is 0.132 e. The molecule has 0 saturated carbocycles. The van der Waals surface area contributed by atoms with Crippen molar-refractivity contribution >= 4 is 10.8 Å². The van der Waals surface area contributed by atoms with E-state index in [4.69, 9.17) is 4.74 Å². The van der Waals surface area contributed by atoms with Crippen LogP contribution in [0.5, 0.6) is 5.75 Å². The second kappa shape index (κ2) is 5.20. The summed E-state index contributed by atoms with van der Waals surface area (Å²) in [5.41, 5.74) is 3.26. The predicted molar refractivity (Wildman–Crippen MR) is 92.0 cm³/mol. The number of aromatic nitrogens is 3. The van der Waals surface area contributed by atoms with Gasteiger partial charge in [0.25, 0.3) is 0 Å². The minimum absolute atomic E-state index is 0.0363. The molecule has 0 bridgehead atoms. The molecule has 24 heavy (non-hydrogen) atoms. The van der Waals surface area contributed by atoms with Crippen LogP contribution in [0.4, 0.5) is 0 Å². The highest BCUT2D eigenvalue weighted by Crippen LogP contribution is 2.37. The first kappa shape index (κ1) is 13.3. The summed E-state index contributed by atoms with van der Waals surface area (Å²) in [5, 5.41) is 10.9. The molecular formula is C20H15N3O. The number of nitrogens with zero attached hydrogens (tertiary/aromatic N) is 3. The Morgan fingerprint density at radius 3 is 2.71 bits per heavy atom. The molecule has 1 aliphatic heterocycles. The highest BCUT2D eigenvalue weighted by Gasteiger charge is 2.26. The van der Waals surface area contributed by atoms with Crippen LogP contribution >= 0.6 is 0 Å². The molecule has 0 radical (unpaired) electrons. The van der Waals surface area contributed by atoms with Crippen molar-refractivity contribution in [2.45, 2.75) is 12.6 Å². The molecule has 1 atom stereocenters. The summed E-state index contributed by atoms with van der Waals surface area (Å²) in [5.74, 6) is 0.904. The van der Waals surface area contributed by atoms with Gasteiger partial charge in [-0.2, -0.15) is 0 Å². The van der Waals surface area contributed by atoms with Crippen molar-refractivity contribution in [3.05, 3.63) is 89.7 Å². The molecule has 116 valence electrons. The van der Waals surface area contributed by atoms with Gasteiger partial charge in [0.15, 0.2) is 0 Å². The fourth-order valence-electron chi connectivity index (χ4n) is 3.41. The number of para-hydroxylation sites is 1. The van der Waals surface area contributed by atoms with Gasteiger partial charge >= 0.3 is 0 Å². The van der Waals surface area contributed by atoms with Gasteiger partial charge in [0.1, 0.15) is 18.4 Å². The lowest BCUT2D eigenvalue weighted by atomic mass is 9.95. The molecule has 4 aromatic rings. The fraction of sp³-hybridized carbons (Fsp3) is 0.100. The van der Waals surface area contributed by atoms with Crippen LogP contribution in [0.1, 0.15) is 22.9 Å². The molecule has 3 aromatic carbocycles. The lowest BCUT2D eigenvalue weighted by Gasteiger charge is -2.19. The standard InChI is InChI=1S/C20H15N3O/c1-2-6-15-11-16(10-9-14(15)5-1)20-18-7-3-4-8-19(18)24-13-17-12-21-22-23(17)20/h1-12,20H,13H2. The van der Waals surface area contributed by atoms with E-state index < -0.39 is 0 Å². The van der Waals surface area contributed by atoms with Gasteiger partial charge in [0, 0.05) is 5.56 Å². The molecule has 0 saturated heterocycles. The Morgan fingerprint density at radius 2 is 1.75 bits per heavy atom. The summed E-state index contributed by atoms with van der Waals surface area (Å²) in [4.78, 5) is 0. The van der Waals surface area contributed by atoms with Crippen molar-refractivity contribution < 1.29 is 4.74 Å². The van der Waals surface area contributed by atoms with Crippen molar-refractivity contribution in [2.24, 2.45) is 0 Å². The molecule has 0 fully saturated rings. The zero-order valence-corrected chi connectivity index (χ0v) is 13.0. The second-order valence-corrected chi connectivity index (χ2v) is 6.01. The number of ether oxygens (including phenoxy) is 1. The molecule has 2 heterocycles. The third kappa shape index (κ3) is 2.00. The average Bonchev–Trinajstić information content (AvgIpc) is 3.03. The quantitative estimate of drug-likeness (QED) is 0.534. The average molecular weight is 313 g/mol. The third-order valence-electron chi connectivity index (χ3n) is 4.57. The highest BCUT2D eigenvalue weighted by atomic mass is 16.5. The number of rotatable bonds is 1. The van der Waals surface area contributed by atoms with Gasteiger partial charge in [-0.05, 0) is 28.5 Å². The molecule has 4 heteroatoms. The highest BCUT2D eigenvalue weighted by molar-refractivity contribution is 5.83. The summed E-state index contributed by atoms with van der Waals surface area (Å²) in [6, 6.07) is 23.1. The van der Waals surface area contributed by atoms with Crippen LogP contribution in [0.15, 0.2) is 72.9 Å². The van der Waals surface area contributed by atoms with Crippen molar-refractivity contribution in [3.63, 3.8) is 0 Å². The molecule has 5 rings (SSSR count). The Balaban J connectivity index is 1.77. The van der Waals surface area contributed by atoms with Gasteiger partial charge in [-0.15, -0.1) is 5.10 Å². The zero-order chi connectivity index (χ0) is 15.9. The summed E-state index contributed by atoms with van der Waals surface area (Å²) in [7, 11) is 0. The van der Waals surface area contributed by atoms with E-state index in [0.29, 0.717) is 6.61 Å². The first-order valence-corrected chi connectivity index (χ1v) is 8.00. The summed E-state index contributed by atoms with van der Waals surface area (Å²) < 4.78 is 7.94. The van der Waals surface area contributed by atoms with E-state index in [0.717, 1.165) is 17.0 Å². The maximum Gasteiger partial charge on any atom is 0.132 e. The van der Waals surface area contributed by atoms with E-state index in [-0.39, 0.29) is 6.04 Å². The van der Waals surface area contributed by atoms with Crippen molar-refractivity contribution in [1.82, 2.24) is 15.0 Å². The van der Waals surface area contributed by atoms with Crippen LogP contribution in [0.25, 0.3) is 10.8 Å². The van der Waals surface area contributed by atoms with Crippen LogP contribution < -0.4 is 4.74 Å². The predicted octanol–water partition coefficient (Wildman–Crippen LogP) is 3.96. The van der Waals surface area contributed by atoms with Crippen LogP contribution in [0.3, 0.4) is 0 Å². The number of hydrogen-bond donors (Lipinski definition) is 0. The second-order valence-electron chi connectivity index (χ2n) is 6.01. The molecule has 0 spiro atoms. The van der Waals surface area contributed by atoms with Gasteiger partial charge in [-0.3, -0.25) is 0 Å². The van der Waals surface area contributed by atoms with E-state index >= 15 is 0 Å². The number of fused-ring (bicyclic) bond motifs is 3. The van der Waals surface area contributed by atoms with Crippen LogP contribution in [0.2, 0.25) is 0 Å². The van der Waals surface area contributed by atoms with Gasteiger partial charge < -0.3 is 4.74 Å². The Kier molecular flexibility index (Phi) is 2.88. The summed E-state index contributed by atoms with van der Waals surface area (Å²) >= 11 is 0. The van der Waals surface area contributed by atoms with Crippen molar-refractivity contribution in [2.75, 3.05) is 0 Å². The molecule has 0 amide bonds. The topological polar surface area (TPSA) is 39.9 Å². The first-order chi connectivity index (χ1) is 11.9. The van der Waals surface area contributed by atoms with E-state index in [1.54, 1.807) is 6.20 Å². The molecule has 0 aliphatic carbocycles. The van der Waals surface area contributed by atoms with Gasteiger partial charge in [0.05, 0.1) is 11.9 Å². The fourth-order valence-corrected chi connectivity index (χ4v) is 3.41. The monoisotopic (exact) mass is 313 g/mol. The normalized spacial score (nSPS) is 16.1. The maximum atomic E-state index is 5.97. The Morgan fingerprint density at radius 1 is 0.917 bits per heavy atom. The SMILES string of the molecule is c1ccc2c(c1)OCc1cnnn1C2c1ccc2ccccc2c1. The zero-order valence-electron chi connectivity index (χ0n) is 13.0. The van der Waals surface area contributed by atoms with E-state index in [9.17, 15) is 0 Å². The van der Waals surface area contributed by atoms with Crippen molar-refractivity contribution in [1.29, 1.82) is 0 Å². The largest absolute Gasteiger partial charge is 0.487 e. The molecule has 1 unspecified atom stereocenters. The van der Waals surface area contributed by atoms with Gasteiger partial charge in [0.2, 0.25) is 0 Å². The van der Waals surface area contributed by atoms with Crippen molar-refractivity contribution in [3.8, 4) is 5.75 Å². The molecule has 1 aromatic heterocycles. The lowest BCUT2D eigenvalue weighted by molar-refractivity contribution is 0.301.